The summed E-state index contributed by atoms with van der Waals surface area (Å²) in [6, 6.07) is 2.06. The maximum atomic E-state index is 6.13. The van der Waals surface area contributed by atoms with Crippen LogP contribution in [0.5, 0.6) is 0 Å². The Labute approximate surface area is 129 Å². The molecule has 3 aliphatic rings. The minimum Gasteiger partial charge on any atom is -0.370 e. The first-order valence-electron chi connectivity index (χ1n) is 9.15. The Balaban J connectivity index is 1.46. The second kappa shape index (κ2) is 7.48. The number of nitrogens with two attached hydrogens (primary N) is 1. The van der Waals surface area contributed by atoms with Crippen molar-refractivity contribution in [2.45, 2.75) is 88.8 Å². The molecule has 21 heavy (non-hydrogen) atoms. The van der Waals surface area contributed by atoms with Crippen LogP contribution in [-0.4, -0.2) is 42.1 Å². The highest BCUT2D eigenvalue weighted by Crippen LogP contribution is 2.32. The zero-order valence-corrected chi connectivity index (χ0v) is 13.4. The van der Waals surface area contributed by atoms with Crippen molar-refractivity contribution in [1.29, 1.82) is 0 Å². The zero-order valence-electron chi connectivity index (χ0n) is 13.4. The van der Waals surface area contributed by atoms with Crippen molar-refractivity contribution in [1.82, 2.24) is 10.2 Å². The lowest BCUT2D eigenvalue weighted by Crippen LogP contribution is -2.44. The molecule has 1 atom stereocenters. The van der Waals surface area contributed by atoms with Crippen LogP contribution in [-0.2, 0) is 0 Å². The van der Waals surface area contributed by atoms with Gasteiger partial charge in [-0.2, -0.15) is 0 Å². The van der Waals surface area contributed by atoms with Crippen molar-refractivity contribution in [3.8, 4) is 0 Å². The number of hydrogen-bond acceptors (Lipinski definition) is 2. The maximum Gasteiger partial charge on any atom is 0.188 e. The molecule has 3 fully saturated rings. The van der Waals surface area contributed by atoms with E-state index in [9.17, 15) is 0 Å². The van der Waals surface area contributed by atoms with Gasteiger partial charge in [0.25, 0.3) is 0 Å². The van der Waals surface area contributed by atoms with E-state index >= 15 is 0 Å². The monoisotopic (exact) mass is 292 g/mol. The van der Waals surface area contributed by atoms with E-state index in [0.717, 1.165) is 12.6 Å². The molecule has 2 aliphatic carbocycles. The van der Waals surface area contributed by atoms with Gasteiger partial charge in [0.2, 0.25) is 0 Å². The molecule has 4 heteroatoms. The van der Waals surface area contributed by atoms with Gasteiger partial charge in [-0.1, -0.05) is 32.1 Å². The topological polar surface area (TPSA) is 53.6 Å². The summed E-state index contributed by atoms with van der Waals surface area (Å²) in [7, 11) is 0. The highest BCUT2D eigenvalue weighted by atomic mass is 15.2. The SMILES string of the molecule is NC(=NCC1CCCCN1C1CC1)NC1CCCCCC1. The molecule has 0 aromatic rings. The molecule has 0 aromatic carbocycles. The molecule has 0 bridgehead atoms. The largest absolute Gasteiger partial charge is 0.370 e. The highest BCUT2D eigenvalue weighted by molar-refractivity contribution is 5.78. The molecule has 4 nitrogen and oxygen atoms in total. The summed E-state index contributed by atoms with van der Waals surface area (Å²) in [4.78, 5) is 7.37. The number of guanidine groups is 1. The summed E-state index contributed by atoms with van der Waals surface area (Å²) in [6.07, 6.45) is 14.8. The number of aliphatic imine (C=N–C) groups is 1. The zero-order chi connectivity index (χ0) is 14.5. The number of nitrogens with one attached hydrogen (secondary N) is 1. The van der Waals surface area contributed by atoms with Crippen molar-refractivity contribution >= 4 is 5.96 Å². The summed E-state index contributed by atoms with van der Waals surface area (Å²) in [5.41, 5.74) is 6.13. The predicted molar refractivity (Wildman–Crippen MR) is 88.5 cm³/mol. The van der Waals surface area contributed by atoms with Crippen molar-refractivity contribution in [3.05, 3.63) is 0 Å². The van der Waals surface area contributed by atoms with Gasteiger partial charge in [-0.3, -0.25) is 9.89 Å². The fourth-order valence-electron chi connectivity index (χ4n) is 3.99. The second-order valence-electron chi connectivity index (χ2n) is 7.18. The number of piperidine rings is 1. The van der Waals surface area contributed by atoms with E-state index in [2.05, 4.69) is 15.2 Å². The van der Waals surface area contributed by atoms with Gasteiger partial charge >= 0.3 is 0 Å². The first-order valence-corrected chi connectivity index (χ1v) is 9.15. The normalized spacial score (nSPS) is 30.1. The smallest absolute Gasteiger partial charge is 0.188 e. The van der Waals surface area contributed by atoms with Crippen LogP contribution in [0.2, 0.25) is 0 Å². The maximum absolute atomic E-state index is 6.13. The average Bonchev–Trinajstić information content (AvgIpc) is 3.33. The van der Waals surface area contributed by atoms with Crippen LogP contribution in [0.3, 0.4) is 0 Å². The lowest BCUT2D eigenvalue weighted by atomic mass is 10.0. The molecular formula is C17H32N4. The third-order valence-corrected chi connectivity index (χ3v) is 5.37. The minimum absolute atomic E-state index is 0.558. The molecular weight excluding hydrogens is 260 g/mol. The lowest BCUT2D eigenvalue weighted by Gasteiger charge is -2.35. The molecule has 0 aromatic heterocycles. The van der Waals surface area contributed by atoms with Gasteiger partial charge in [-0.05, 0) is 45.1 Å². The molecule has 0 radical (unpaired) electrons. The molecule has 1 unspecified atom stereocenters. The fraction of sp³-hybridized carbons (Fsp3) is 0.941. The van der Waals surface area contributed by atoms with Gasteiger partial charge in [0, 0.05) is 18.1 Å². The number of rotatable bonds is 4. The Kier molecular flexibility index (Phi) is 5.39. The molecule has 0 spiro atoms. The minimum atomic E-state index is 0.558. The molecule has 3 N–H and O–H groups in total. The molecule has 2 saturated carbocycles. The van der Waals surface area contributed by atoms with E-state index in [1.165, 1.54) is 77.2 Å². The Morgan fingerprint density at radius 2 is 1.67 bits per heavy atom. The molecule has 3 rings (SSSR count). The van der Waals surface area contributed by atoms with E-state index in [1.54, 1.807) is 0 Å². The molecule has 1 heterocycles. The van der Waals surface area contributed by atoms with Gasteiger partial charge in [-0.25, -0.2) is 0 Å². The fourth-order valence-corrected chi connectivity index (χ4v) is 3.99. The summed E-state index contributed by atoms with van der Waals surface area (Å²) in [5, 5.41) is 3.47. The van der Waals surface area contributed by atoms with Crippen molar-refractivity contribution in [2.24, 2.45) is 10.7 Å². The first kappa shape index (κ1) is 15.1. The summed E-state index contributed by atoms with van der Waals surface area (Å²) in [5.74, 6) is 0.684. The Bertz CT molecular complexity index is 343. The van der Waals surface area contributed by atoms with Crippen molar-refractivity contribution in [2.75, 3.05) is 13.1 Å². The Hall–Kier alpha value is -0.770. The quantitative estimate of drug-likeness (QED) is 0.476. The predicted octanol–water partition coefficient (Wildman–Crippen LogP) is 2.63. The van der Waals surface area contributed by atoms with Crippen LogP contribution in [0, 0.1) is 0 Å². The number of hydrogen-bond donors (Lipinski definition) is 2. The van der Waals surface area contributed by atoms with Gasteiger partial charge in [-0.15, -0.1) is 0 Å². The Morgan fingerprint density at radius 3 is 2.38 bits per heavy atom. The van der Waals surface area contributed by atoms with Crippen molar-refractivity contribution < 1.29 is 0 Å². The van der Waals surface area contributed by atoms with Crippen LogP contribution in [0.1, 0.15) is 70.6 Å². The van der Waals surface area contributed by atoms with E-state index in [0.29, 0.717) is 18.0 Å². The van der Waals surface area contributed by atoms with Crippen LogP contribution < -0.4 is 11.1 Å². The standard InChI is InChI=1S/C17H32N4/c18-17(20-14-7-3-1-2-4-8-14)19-13-16-9-5-6-12-21(16)15-10-11-15/h14-16H,1-13H2,(H3,18,19,20). The highest BCUT2D eigenvalue weighted by Gasteiger charge is 2.34. The van der Waals surface area contributed by atoms with Gasteiger partial charge < -0.3 is 11.1 Å². The van der Waals surface area contributed by atoms with Crippen LogP contribution >= 0.6 is 0 Å². The number of nitrogens with zero attached hydrogens (tertiary/aromatic N) is 2. The summed E-state index contributed by atoms with van der Waals surface area (Å²) < 4.78 is 0. The summed E-state index contributed by atoms with van der Waals surface area (Å²) >= 11 is 0. The molecule has 1 saturated heterocycles. The van der Waals surface area contributed by atoms with Crippen LogP contribution in [0.4, 0.5) is 0 Å². The van der Waals surface area contributed by atoms with E-state index < -0.39 is 0 Å². The van der Waals surface area contributed by atoms with Crippen molar-refractivity contribution in [3.63, 3.8) is 0 Å². The van der Waals surface area contributed by atoms with Crippen LogP contribution in [0.25, 0.3) is 0 Å². The van der Waals surface area contributed by atoms with E-state index in [1.807, 2.05) is 0 Å². The lowest BCUT2D eigenvalue weighted by molar-refractivity contribution is 0.144. The van der Waals surface area contributed by atoms with Gasteiger partial charge in [0.15, 0.2) is 5.96 Å². The van der Waals surface area contributed by atoms with E-state index in [-0.39, 0.29) is 0 Å². The molecule has 1 aliphatic heterocycles. The van der Waals surface area contributed by atoms with Crippen LogP contribution in [0.15, 0.2) is 4.99 Å². The molecule has 0 amide bonds. The van der Waals surface area contributed by atoms with Gasteiger partial charge in [0.05, 0.1) is 6.54 Å². The second-order valence-corrected chi connectivity index (χ2v) is 7.18. The first-order chi connectivity index (χ1) is 10.3. The third kappa shape index (κ3) is 4.60. The summed E-state index contributed by atoms with van der Waals surface area (Å²) in [6.45, 7) is 2.17. The van der Waals surface area contributed by atoms with E-state index in [4.69, 9.17) is 5.73 Å². The Morgan fingerprint density at radius 1 is 0.952 bits per heavy atom. The molecule has 120 valence electrons. The van der Waals surface area contributed by atoms with Gasteiger partial charge in [0.1, 0.15) is 0 Å². The third-order valence-electron chi connectivity index (χ3n) is 5.37. The average molecular weight is 292 g/mol. The number of likely N-dealkylation sites (tertiary alicyclic amines) is 1.